The van der Waals surface area contributed by atoms with E-state index in [0.717, 1.165) is 19.4 Å². The number of carbonyl (C=O) groups is 1. The minimum atomic E-state index is 0.363. The molecule has 3 nitrogen and oxygen atoms in total. The lowest BCUT2D eigenvalue weighted by Crippen LogP contribution is -2.42. The molecule has 1 rings (SSSR count). The molecule has 13 heavy (non-hydrogen) atoms. The molecule has 1 heterocycles. The maximum atomic E-state index is 10.3. The summed E-state index contributed by atoms with van der Waals surface area (Å²) < 4.78 is 0. The Balaban J connectivity index is 2.44. The fourth-order valence-electron chi connectivity index (χ4n) is 1.87. The number of hydrogen-bond acceptors (Lipinski definition) is 2. The van der Waals surface area contributed by atoms with Crippen LogP contribution in [0.5, 0.6) is 0 Å². The lowest BCUT2D eigenvalue weighted by atomic mass is 10.1. The van der Waals surface area contributed by atoms with E-state index in [1.54, 1.807) is 0 Å². The van der Waals surface area contributed by atoms with Gasteiger partial charge in [0, 0.05) is 18.6 Å². The number of nitrogens with zero attached hydrogens (tertiary/aromatic N) is 1. The summed E-state index contributed by atoms with van der Waals surface area (Å²) >= 11 is 0. The number of carbonyl (C=O) groups excluding carboxylic acids is 1. The predicted molar refractivity (Wildman–Crippen MR) is 53.5 cm³/mol. The quantitative estimate of drug-likeness (QED) is 0.664. The molecule has 1 unspecified atom stereocenters. The van der Waals surface area contributed by atoms with Gasteiger partial charge in [0.05, 0.1) is 0 Å². The van der Waals surface area contributed by atoms with Crippen molar-refractivity contribution >= 4 is 6.41 Å². The average molecular weight is 184 g/mol. The van der Waals surface area contributed by atoms with Crippen LogP contribution in [0.3, 0.4) is 0 Å². The van der Waals surface area contributed by atoms with Crippen molar-refractivity contribution in [1.82, 2.24) is 10.2 Å². The van der Waals surface area contributed by atoms with Gasteiger partial charge in [-0.1, -0.05) is 6.42 Å². The van der Waals surface area contributed by atoms with E-state index in [1.807, 2.05) is 0 Å². The molecule has 1 saturated heterocycles. The zero-order valence-corrected chi connectivity index (χ0v) is 8.62. The summed E-state index contributed by atoms with van der Waals surface area (Å²) in [5.41, 5.74) is 0. The van der Waals surface area contributed by atoms with Gasteiger partial charge in [0.25, 0.3) is 0 Å². The van der Waals surface area contributed by atoms with E-state index in [-0.39, 0.29) is 0 Å². The molecule has 3 heteroatoms. The van der Waals surface area contributed by atoms with Crippen molar-refractivity contribution in [2.45, 2.75) is 45.2 Å². The first-order chi connectivity index (χ1) is 6.24. The Labute approximate surface area is 80.5 Å². The predicted octanol–water partition coefficient (Wildman–Crippen LogP) is 0.995. The van der Waals surface area contributed by atoms with Crippen molar-refractivity contribution in [2.75, 3.05) is 13.1 Å². The second-order valence-corrected chi connectivity index (χ2v) is 4.07. The summed E-state index contributed by atoms with van der Waals surface area (Å²) in [7, 11) is 0. The van der Waals surface area contributed by atoms with Crippen LogP contribution in [0.2, 0.25) is 0 Å². The first-order valence-electron chi connectivity index (χ1n) is 5.17. The molecule has 0 aromatic carbocycles. The van der Waals surface area contributed by atoms with Gasteiger partial charge in [0.1, 0.15) is 0 Å². The first-order valence-corrected chi connectivity index (χ1v) is 5.17. The Morgan fingerprint density at radius 1 is 1.46 bits per heavy atom. The Morgan fingerprint density at radius 3 is 2.85 bits per heavy atom. The first kappa shape index (κ1) is 10.5. The summed E-state index contributed by atoms with van der Waals surface area (Å²) in [4.78, 5) is 12.8. The van der Waals surface area contributed by atoms with Crippen LogP contribution < -0.4 is 5.32 Å². The zero-order valence-electron chi connectivity index (χ0n) is 8.62. The summed E-state index contributed by atoms with van der Waals surface area (Å²) in [5, 5.41) is 2.89. The molecule has 76 valence electrons. The van der Waals surface area contributed by atoms with Crippen molar-refractivity contribution < 1.29 is 4.79 Å². The van der Waals surface area contributed by atoms with Crippen molar-refractivity contribution in [3.05, 3.63) is 0 Å². The molecule has 1 fully saturated rings. The van der Waals surface area contributed by atoms with Gasteiger partial charge >= 0.3 is 0 Å². The third-order valence-electron chi connectivity index (χ3n) is 2.74. The number of nitrogens with one attached hydrogen (secondary N) is 1. The van der Waals surface area contributed by atoms with E-state index >= 15 is 0 Å². The molecule has 1 atom stereocenters. The molecular formula is C10H20N2O. The summed E-state index contributed by atoms with van der Waals surface area (Å²) in [6, 6.07) is 0.955. The minimum absolute atomic E-state index is 0.363. The summed E-state index contributed by atoms with van der Waals surface area (Å²) in [5.74, 6) is 0. The topological polar surface area (TPSA) is 32.3 Å². The van der Waals surface area contributed by atoms with Crippen LogP contribution in [0.25, 0.3) is 0 Å². The Hall–Kier alpha value is -0.570. The molecule has 0 aromatic rings. The number of amides is 1. The monoisotopic (exact) mass is 184 g/mol. The lowest BCUT2D eigenvalue weighted by Gasteiger charge is -2.27. The normalized spacial score (nSPS) is 25.6. The summed E-state index contributed by atoms with van der Waals surface area (Å²) in [6.45, 7) is 6.61. The van der Waals surface area contributed by atoms with Crippen molar-refractivity contribution in [3.8, 4) is 0 Å². The van der Waals surface area contributed by atoms with E-state index in [4.69, 9.17) is 0 Å². The molecule has 0 radical (unpaired) electrons. The van der Waals surface area contributed by atoms with Crippen molar-refractivity contribution in [2.24, 2.45) is 0 Å². The van der Waals surface area contributed by atoms with E-state index in [1.165, 1.54) is 19.4 Å². The van der Waals surface area contributed by atoms with Crippen LogP contribution in [0.15, 0.2) is 0 Å². The second kappa shape index (κ2) is 5.22. The molecule has 1 aliphatic heterocycles. The van der Waals surface area contributed by atoms with Gasteiger partial charge in [-0.3, -0.25) is 9.69 Å². The molecule has 0 bridgehead atoms. The van der Waals surface area contributed by atoms with E-state index < -0.39 is 0 Å². The fraction of sp³-hybridized carbons (Fsp3) is 0.900. The number of likely N-dealkylation sites (tertiary alicyclic amines) is 1. The maximum absolute atomic E-state index is 10.3. The van der Waals surface area contributed by atoms with Gasteiger partial charge in [-0.15, -0.1) is 0 Å². The smallest absolute Gasteiger partial charge is 0.207 e. The SMILES string of the molecule is CC(C)N1CCCCC(NC=O)C1. The zero-order chi connectivity index (χ0) is 9.68. The van der Waals surface area contributed by atoms with Crippen LogP contribution in [-0.2, 0) is 4.79 Å². The molecule has 0 spiro atoms. The van der Waals surface area contributed by atoms with Gasteiger partial charge in [-0.05, 0) is 33.2 Å². The molecule has 0 aromatic heterocycles. The highest BCUT2D eigenvalue weighted by Crippen LogP contribution is 2.12. The fourth-order valence-corrected chi connectivity index (χ4v) is 1.87. The number of rotatable bonds is 3. The molecule has 0 saturated carbocycles. The maximum Gasteiger partial charge on any atom is 0.207 e. The average Bonchev–Trinajstić information content (AvgIpc) is 2.30. The molecule has 1 N–H and O–H groups in total. The highest BCUT2D eigenvalue weighted by atomic mass is 16.1. The van der Waals surface area contributed by atoms with Crippen LogP contribution in [0.1, 0.15) is 33.1 Å². The van der Waals surface area contributed by atoms with Crippen molar-refractivity contribution in [1.29, 1.82) is 0 Å². The van der Waals surface area contributed by atoms with Gasteiger partial charge < -0.3 is 5.32 Å². The lowest BCUT2D eigenvalue weighted by molar-refractivity contribution is -0.110. The van der Waals surface area contributed by atoms with Crippen molar-refractivity contribution in [3.63, 3.8) is 0 Å². The van der Waals surface area contributed by atoms with E-state index in [9.17, 15) is 4.79 Å². The second-order valence-electron chi connectivity index (χ2n) is 4.07. The van der Waals surface area contributed by atoms with E-state index in [2.05, 4.69) is 24.1 Å². The number of hydrogen-bond donors (Lipinski definition) is 1. The van der Waals surface area contributed by atoms with Gasteiger partial charge in [-0.2, -0.15) is 0 Å². The van der Waals surface area contributed by atoms with Gasteiger partial charge in [-0.25, -0.2) is 0 Å². The highest BCUT2D eigenvalue weighted by Gasteiger charge is 2.18. The third kappa shape index (κ3) is 3.35. The van der Waals surface area contributed by atoms with Gasteiger partial charge in [0.2, 0.25) is 6.41 Å². The Kier molecular flexibility index (Phi) is 4.22. The highest BCUT2D eigenvalue weighted by molar-refractivity contribution is 5.46. The molecular weight excluding hydrogens is 164 g/mol. The molecule has 0 aliphatic carbocycles. The molecule has 1 aliphatic rings. The van der Waals surface area contributed by atoms with Crippen LogP contribution in [0.4, 0.5) is 0 Å². The van der Waals surface area contributed by atoms with Crippen LogP contribution in [-0.4, -0.2) is 36.5 Å². The van der Waals surface area contributed by atoms with Crippen LogP contribution >= 0.6 is 0 Å². The van der Waals surface area contributed by atoms with E-state index in [0.29, 0.717) is 12.1 Å². The van der Waals surface area contributed by atoms with Gasteiger partial charge in [0.15, 0.2) is 0 Å². The Morgan fingerprint density at radius 2 is 2.23 bits per heavy atom. The molecule has 1 amide bonds. The third-order valence-corrected chi connectivity index (χ3v) is 2.74. The standard InChI is InChI=1S/C10H20N2O/c1-9(2)12-6-4-3-5-10(7-12)11-8-13/h8-10H,3-7H2,1-2H3,(H,11,13). The van der Waals surface area contributed by atoms with Crippen LogP contribution in [0, 0.1) is 0 Å². The Bertz CT molecular complexity index is 159. The summed E-state index contributed by atoms with van der Waals surface area (Å²) in [6.07, 6.45) is 4.44. The largest absolute Gasteiger partial charge is 0.355 e. The minimum Gasteiger partial charge on any atom is -0.355 e.